The lowest BCUT2D eigenvalue weighted by molar-refractivity contribution is -0.125. The summed E-state index contributed by atoms with van der Waals surface area (Å²) in [6.07, 6.45) is 34.2. The number of alkyl carbamates (subject to hydrolysis) is 1. The SMILES string of the molecule is CCCCCCCCC(CCCCCC)C(=O)NCCCOCCCOCCCOCCCOCCCOCCCOCCCOCCCOCCCOCCCOCCCOCCCOCCCOCCCOCCCOCCCOCCCOCCCOCCCOCCCOCCCOCCCOCCCOCCNC(=O)OC(C)(C)C. The molecule has 28 heteroatoms. The summed E-state index contributed by atoms with van der Waals surface area (Å²) < 4.78 is 137. The topological polar surface area (TPSA) is 280 Å². The maximum Gasteiger partial charge on any atom is 0.407 e. The Balaban J connectivity index is 3.17. The van der Waals surface area contributed by atoms with Crippen LogP contribution < -0.4 is 10.6 Å². The fourth-order valence-electron chi connectivity index (χ4n) is 11.6. The molecule has 1 unspecified atom stereocenters. The van der Waals surface area contributed by atoms with Crippen LogP contribution in [0.1, 0.15) is 259 Å². The molecular formula is C92H184N2O26. The molecule has 0 saturated carbocycles. The monoisotopic (exact) mass is 1730 g/mol. The number of carbonyl (C=O) groups is 2. The molecule has 0 aliphatic carbocycles. The minimum atomic E-state index is -0.503. The molecule has 1 atom stereocenters. The van der Waals surface area contributed by atoms with E-state index in [2.05, 4.69) is 24.5 Å². The Morgan fingerprint density at radius 2 is 0.350 bits per heavy atom. The Hall–Kier alpha value is -2.18. The molecule has 0 saturated heterocycles. The van der Waals surface area contributed by atoms with Crippen molar-refractivity contribution < 1.29 is 123 Å². The molecule has 120 heavy (non-hydrogen) atoms. The predicted molar refractivity (Wildman–Crippen MR) is 473 cm³/mol. The lowest BCUT2D eigenvalue weighted by Gasteiger charge is -2.19. The van der Waals surface area contributed by atoms with Crippen molar-refractivity contribution in [2.24, 2.45) is 5.92 Å². The summed E-state index contributed by atoms with van der Waals surface area (Å²) in [4.78, 5) is 24.5. The van der Waals surface area contributed by atoms with Gasteiger partial charge in [0.25, 0.3) is 0 Å². The van der Waals surface area contributed by atoms with Crippen molar-refractivity contribution in [2.75, 3.05) is 317 Å². The second kappa shape index (κ2) is 106. The average molecular weight is 1730 g/mol. The molecule has 0 aromatic heterocycles. The highest BCUT2D eigenvalue weighted by Gasteiger charge is 2.18. The maximum absolute atomic E-state index is 12.9. The standard InChI is InChI=1S/C92H184N2O26/c1-6-8-10-12-13-15-40-89(39-14-11-9-7-2)90(95)93-41-16-43-97-44-17-45-98-46-18-47-99-48-19-49-100-50-20-51-101-52-21-53-102-54-22-55-103-56-23-57-104-58-24-59-105-60-25-61-106-62-26-63-107-64-27-65-108-66-28-67-109-68-29-69-110-70-30-71-111-72-31-73-112-74-32-75-113-76-33-77-114-78-34-79-115-80-35-81-116-82-36-83-117-84-37-85-118-86-38-87-119-88-42-94-91(96)120-92(3,4)5/h89H,6-88H2,1-5H3,(H,93,95)(H,94,96). The van der Waals surface area contributed by atoms with Gasteiger partial charge >= 0.3 is 6.09 Å². The minimum Gasteiger partial charge on any atom is -0.444 e. The zero-order chi connectivity index (χ0) is 86.3. The normalized spacial score (nSPS) is 12.1. The zero-order valence-electron chi connectivity index (χ0n) is 77.4. The Morgan fingerprint density at radius 1 is 0.192 bits per heavy atom. The summed E-state index contributed by atoms with van der Waals surface area (Å²) in [5, 5.41) is 5.86. The molecule has 718 valence electrons. The van der Waals surface area contributed by atoms with Crippen LogP contribution in [-0.4, -0.2) is 335 Å². The largest absolute Gasteiger partial charge is 0.444 e. The van der Waals surface area contributed by atoms with Crippen molar-refractivity contribution in [1.82, 2.24) is 10.6 Å². The summed E-state index contributed by atoms with van der Waals surface area (Å²) in [6.45, 7) is 42.4. The zero-order valence-corrected chi connectivity index (χ0v) is 77.4. The van der Waals surface area contributed by atoms with E-state index < -0.39 is 11.7 Å². The van der Waals surface area contributed by atoms with Gasteiger partial charge in [-0.1, -0.05) is 78.1 Å². The van der Waals surface area contributed by atoms with Crippen LogP contribution in [0.2, 0.25) is 0 Å². The van der Waals surface area contributed by atoms with Gasteiger partial charge in [-0.2, -0.15) is 0 Å². The highest BCUT2D eigenvalue weighted by molar-refractivity contribution is 5.78. The van der Waals surface area contributed by atoms with E-state index in [1.807, 2.05) is 20.8 Å². The summed E-state index contributed by atoms with van der Waals surface area (Å²) in [5.74, 6) is 0.405. The van der Waals surface area contributed by atoms with Gasteiger partial charge in [-0.15, -0.1) is 0 Å². The van der Waals surface area contributed by atoms with Crippen LogP contribution >= 0.6 is 0 Å². The number of hydrogen-bond acceptors (Lipinski definition) is 26. The van der Waals surface area contributed by atoms with E-state index >= 15 is 0 Å². The van der Waals surface area contributed by atoms with Crippen LogP contribution in [0.5, 0.6) is 0 Å². The number of nitrogens with one attached hydrogen (secondary N) is 2. The lowest BCUT2D eigenvalue weighted by atomic mass is 9.93. The average Bonchev–Trinajstić information content (AvgIpc) is 0.943. The van der Waals surface area contributed by atoms with Gasteiger partial charge in [0, 0.05) is 316 Å². The van der Waals surface area contributed by atoms with Gasteiger partial charge in [0.1, 0.15) is 5.60 Å². The predicted octanol–water partition coefficient (Wildman–Crippen LogP) is 15.3. The van der Waals surface area contributed by atoms with Gasteiger partial charge in [-0.25, -0.2) is 4.79 Å². The number of hydrogen-bond donors (Lipinski definition) is 2. The lowest BCUT2D eigenvalue weighted by Crippen LogP contribution is -2.34. The summed E-state index contributed by atoms with van der Waals surface area (Å²) in [7, 11) is 0. The van der Waals surface area contributed by atoms with E-state index in [0.717, 1.165) is 167 Å². The second-order valence-electron chi connectivity index (χ2n) is 31.0. The van der Waals surface area contributed by atoms with E-state index in [-0.39, 0.29) is 11.8 Å². The van der Waals surface area contributed by atoms with Gasteiger partial charge in [-0.05, 0) is 181 Å². The Bertz CT molecular complexity index is 1910. The smallest absolute Gasteiger partial charge is 0.407 e. The van der Waals surface area contributed by atoms with Gasteiger partial charge in [-0.3, -0.25) is 4.79 Å². The molecule has 0 spiro atoms. The molecule has 0 aliphatic rings. The van der Waals surface area contributed by atoms with Crippen LogP contribution in [0.3, 0.4) is 0 Å². The number of unbranched alkanes of at least 4 members (excludes halogenated alkanes) is 8. The van der Waals surface area contributed by atoms with E-state index in [9.17, 15) is 9.59 Å². The third kappa shape index (κ3) is 106. The fraction of sp³-hybridized carbons (Fsp3) is 0.978. The first-order chi connectivity index (χ1) is 59.3. The van der Waals surface area contributed by atoms with Crippen molar-refractivity contribution in [3.63, 3.8) is 0 Å². The van der Waals surface area contributed by atoms with Crippen molar-refractivity contribution in [3.05, 3.63) is 0 Å². The van der Waals surface area contributed by atoms with E-state index in [1.165, 1.54) is 57.8 Å². The number of rotatable bonds is 108. The van der Waals surface area contributed by atoms with Crippen LogP contribution in [0, 0.1) is 5.92 Å². The Morgan fingerprint density at radius 3 is 0.533 bits per heavy atom. The number of carbonyl (C=O) groups excluding carboxylic acids is 2. The molecule has 2 N–H and O–H groups in total. The van der Waals surface area contributed by atoms with E-state index in [0.29, 0.717) is 317 Å². The molecule has 0 heterocycles. The van der Waals surface area contributed by atoms with E-state index in [4.69, 9.17) is 114 Å². The molecule has 2 amide bonds. The second-order valence-corrected chi connectivity index (χ2v) is 31.0. The van der Waals surface area contributed by atoms with Crippen molar-refractivity contribution in [1.29, 1.82) is 0 Å². The van der Waals surface area contributed by atoms with Crippen molar-refractivity contribution in [3.8, 4) is 0 Å². The van der Waals surface area contributed by atoms with Gasteiger partial charge in [0.2, 0.25) is 5.91 Å². The Labute approximate surface area is 730 Å². The molecule has 28 nitrogen and oxygen atoms in total. The molecule has 0 aromatic carbocycles. The molecule has 0 radical (unpaired) electrons. The quantitative estimate of drug-likeness (QED) is 0.0535. The van der Waals surface area contributed by atoms with Crippen LogP contribution in [-0.2, 0) is 118 Å². The first-order valence-corrected chi connectivity index (χ1v) is 47.8. The summed E-state index contributed by atoms with van der Waals surface area (Å²) in [6, 6.07) is 0. The molecule has 0 bridgehead atoms. The highest BCUT2D eigenvalue weighted by atomic mass is 16.6. The highest BCUT2D eigenvalue weighted by Crippen LogP contribution is 2.20. The molecule has 0 rings (SSSR count). The first kappa shape index (κ1) is 118. The van der Waals surface area contributed by atoms with E-state index in [1.54, 1.807) is 0 Å². The summed E-state index contributed by atoms with van der Waals surface area (Å²) in [5.41, 5.74) is -0.503. The molecule has 0 aromatic rings. The first-order valence-electron chi connectivity index (χ1n) is 47.8. The van der Waals surface area contributed by atoms with Crippen LogP contribution in [0.15, 0.2) is 0 Å². The van der Waals surface area contributed by atoms with Gasteiger partial charge < -0.3 is 124 Å². The number of ether oxygens (including phenoxy) is 24. The van der Waals surface area contributed by atoms with Crippen LogP contribution in [0.25, 0.3) is 0 Å². The van der Waals surface area contributed by atoms with Crippen LogP contribution in [0.4, 0.5) is 4.79 Å². The third-order valence-corrected chi connectivity index (χ3v) is 18.1. The minimum absolute atomic E-state index is 0.162. The van der Waals surface area contributed by atoms with Crippen molar-refractivity contribution >= 4 is 12.0 Å². The molecule has 0 fully saturated rings. The van der Waals surface area contributed by atoms with Gasteiger partial charge in [0.05, 0.1) is 6.61 Å². The van der Waals surface area contributed by atoms with Gasteiger partial charge in [0.15, 0.2) is 0 Å². The molecular weight excluding hydrogens is 1550 g/mol. The van der Waals surface area contributed by atoms with Crippen molar-refractivity contribution in [2.45, 2.75) is 265 Å². The fourth-order valence-corrected chi connectivity index (χ4v) is 11.6. The summed E-state index contributed by atoms with van der Waals surface area (Å²) >= 11 is 0. The maximum atomic E-state index is 12.9. The Kier molecular flexibility index (Phi) is 104. The molecule has 0 aliphatic heterocycles. The third-order valence-electron chi connectivity index (χ3n) is 18.1. The number of amides is 2.